The summed E-state index contributed by atoms with van der Waals surface area (Å²) in [5, 5.41) is 0. The summed E-state index contributed by atoms with van der Waals surface area (Å²) in [5.41, 5.74) is 0. The van der Waals surface area contributed by atoms with Gasteiger partial charge in [0.25, 0.3) is 0 Å². The molecule has 0 unspecified atom stereocenters. The smallest absolute Gasteiger partial charge is 0 e. The molecule has 0 amide bonds. The second-order valence-electron chi connectivity index (χ2n) is 0. The molecule has 5 heavy (non-hydrogen) atoms. The van der Waals surface area contributed by atoms with Gasteiger partial charge in [-0.1, -0.05) is 0 Å². The monoisotopic (exact) mass is 272 g/mol. The molecule has 0 aliphatic heterocycles. The van der Waals surface area contributed by atoms with Gasteiger partial charge in [0.15, 0.2) is 0 Å². The van der Waals surface area contributed by atoms with Crippen molar-refractivity contribution in [3.05, 3.63) is 0 Å². The van der Waals surface area contributed by atoms with Gasteiger partial charge in [-0.2, -0.15) is 0 Å². The van der Waals surface area contributed by atoms with E-state index >= 15 is 0 Å². The zero-order valence-corrected chi connectivity index (χ0v) is 14.4. The van der Waals surface area contributed by atoms with Crippen LogP contribution in [0.3, 0.4) is 0 Å². The first-order valence-corrected chi connectivity index (χ1v) is 0. The largest absolute Gasteiger partial charge is 0 e. The van der Waals surface area contributed by atoms with Crippen molar-refractivity contribution in [2.75, 3.05) is 0 Å². The van der Waals surface area contributed by atoms with Crippen LogP contribution in [0.15, 0.2) is 0 Å². The first-order chi connectivity index (χ1) is 0. The molecule has 16 valence electrons. The maximum atomic E-state index is 0. The molecular weight excluding hydrogens is 273 g/mol. The van der Waals surface area contributed by atoms with Crippen LogP contribution in [-0.4, -0.2) is 106 Å². The van der Waals surface area contributed by atoms with Crippen LogP contribution in [0.2, 0.25) is 0 Å². The molecule has 0 saturated carbocycles. The van der Waals surface area contributed by atoms with Crippen molar-refractivity contribution in [3.63, 3.8) is 0 Å². The van der Waals surface area contributed by atoms with Gasteiger partial charge in [-0.25, -0.2) is 0 Å². The molecule has 0 aromatic carbocycles. The van der Waals surface area contributed by atoms with Gasteiger partial charge in [-0.05, 0) is 0 Å². The van der Waals surface area contributed by atoms with Crippen molar-refractivity contribution in [2.24, 2.45) is 0 Å². The second kappa shape index (κ2) is 23.4. The van der Waals surface area contributed by atoms with E-state index in [-0.39, 0.29) is 143 Å². The molecule has 0 nitrogen and oxygen atoms in total. The van der Waals surface area contributed by atoms with Gasteiger partial charge in [0.1, 0.15) is 0 Å². The minimum Gasteiger partial charge on any atom is 0 e. The van der Waals surface area contributed by atoms with Gasteiger partial charge in [0.05, 0.1) is 0 Å². The maximum absolute atomic E-state index is 0. The van der Waals surface area contributed by atoms with Gasteiger partial charge in [-0.3, -0.25) is 0 Å². The molecule has 0 atom stereocenters. The fourth-order valence-electron chi connectivity index (χ4n) is 0. The molecule has 6 radical (unpaired) electrons. The van der Waals surface area contributed by atoms with E-state index in [1.165, 1.54) is 0 Å². The molecule has 0 rings (SSSR count). The fourth-order valence-corrected chi connectivity index (χ4v) is 0. The average Bonchev–Trinajstić information content (AvgIpc) is 0. The molecule has 0 aliphatic rings. The Balaban J connectivity index is 0. The van der Waals surface area contributed by atoms with Crippen molar-refractivity contribution in [1.29, 1.82) is 0 Å². The van der Waals surface area contributed by atoms with Gasteiger partial charge in [-0.15, -0.1) is 0 Å². The molecule has 0 aliphatic carbocycles. The third-order valence-corrected chi connectivity index (χ3v) is 0. The zero-order valence-electron chi connectivity index (χ0n) is 3.18. The summed E-state index contributed by atoms with van der Waals surface area (Å²) in [6, 6.07) is 0. The Morgan fingerprint density at radius 2 is 1.00 bits per heavy atom. The summed E-state index contributed by atoms with van der Waals surface area (Å²) >= 11 is 0. The van der Waals surface area contributed by atoms with E-state index in [1.54, 1.807) is 0 Å². The van der Waals surface area contributed by atoms with Crippen LogP contribution < -0.4 is 0 Å². The number of hydrogen-bond acceptors (Lipinski definition) is 0. The van der Waals surface area contributed by atoms with E-state index < -0.39 is 0 Å². The molecule has 0 N–H and O–H groups in total. The summed E-state index contributed by atoms with van der Waals surface area (Å²) in [7, 11) is 0. The Labute approximate surface area is 139 Å². The normalized spacial score (nSPS) is 0. The van der Waals surface area contributed by atoms with E-state index in [1.807, 2.05) is 0 Å². The molecule has 0 spiro atoms. The van der Waals surface area contributed by atoms with Crippen LogP contribution in [0.1, 0.15) is 0 Å². The van der Waals surface area contributed by atoms with Crippen molar-refractivity contribution in [2.45, 2.75) is 0 Å². The predicted octanol–water partition coefficient (Wildman–Crippen LogP) is -1.15. The minimum atomic E-state index is 0. The molecule has 5 heteroatoms. The van der Waals surface area contributed by atoms with Crippen molar-refractivity contribution < 1.29 is 36.5 Å². The Bertz CT molecular complexity index is 11.6. The quantitative estimate of drug-likeness (QED) is 0.489. The maximum Gasteiger partial charge on any atom is 0 e. The van der Waals surface area contributed by atoms with Crippen molar-refractivity contribution >= 4 is 106 Å². The summed E-state index contributed by atoms with van der Waals surface area (Å²) in [6.07, 6.45) is 0. The second-order valence-corrected chi connectivity index (χ2v) is 0. The van der Waals surface area contributed by atoms with E-state index in [9.17, 15) is 0 Å². The van der Waals surface area contributed by atoms with Crippen LogP contribution in [0.5, 0.6) is 0 Å². The Hall–Kier alpha value is 4.65. The zero-order chi connectivity index (χ0) is 0. The molecule has 0 aromatic rings. The van der Waals surface area contributed by atoms with Crippen LogP contribution in [0.25, 0.3) is 0 Å². The molecule has 0 fully saturated rings. The predicted molar refractivity (Wildman–Crippen MR) is 17.3 cm³/mol. The van der Waals surface area contributed by atoms with Gasteiger partial charge in [0.2, 0.25) is 0 Å². The van der Waals surface area contributed by atoms with Crippen LogP contribution in [-0.2, 0) is 36.5 Å². The van der Waals surface area contributed by atoms with E-state index in [0.29, 0.717) is 0 Å². The van der Waals surface area contributed by atoms with E-state index in [0.717, 1.165) is 0 Å². The summed E-state index contributed by atoms with van der Waals surface area (Å²) in [5.74, 6) is 0. The first kappa shape index (κ1) is 33.4. The fraction of sp³-hybridized carbons (Fsp3) is 0. The van der Waals surface area contributed by atoms with Gasteiger partial charge < -0.3 is 0 Å². The molecule has 0 saturated heterocycles. The third-order valence-electron chi connectivity index (χ3n) is 0. The summed E-state index contributed by atoms with van der Waals surface area (Å²) in [4.78, 5) is 0. The standard InChI is InChI=1S/Ca.Fe.Mg.Sr.Zn. The van der Waals surface area contributed by atoms with Crippen LogP contribution in [0, 0.1) is 0 Å². The van der Waals surface area contributed by atoms with Crippen molar-refractivity contribution in [3.8, 4) is 0 Å². The minimum absolute atomic E-state index is 0. The van der Waals surface area contributed by atoms with Crippen molar-refractivity contribution in [1.82, 2.24) is 0 Å². The molecule has 0 heterocycles. The van der Waals surface area contributed by atoms with Crippen LogP contribution in [0.4, 0.5) is 0 Å². The average molecular weight is 273 g/mol. The molecule has 0 bridgehead atoms. The molecule has 0 aromatic heterocycles. The first-order valence-electron chi connectivity index (χ1n) is 0. The topological polar surface area (TPSA) is 0 Å². The summed E-state index contributed by atoms with van der Waals surface area (Å²) in [6.45, 7) is 0. The van der Waals surface area contributed by atoms with E-state index in [4.69, 9.17) is 0 Å². The Morgan fingerprint density at radius 1 is 1.00 bits per heavy atom. The number of rotatable bonds is 0. The third kappa shape index (κ3) is 17.7. The van der Waals surface area contributed by atoms with Gasteiger partial charge >= 0.3 is 0 Å². The summed E-state index contributed by atoms with van der Waals surface area (Å²) < 4.78 is 0. The Morgan fingerprint density at radius 3 is 1.00 bits per heavy atom. The number of hydrogen-bond donors (Lipinski definition) is 0. The Kier molecular flexibility index (Phi) is 156. The molecular formula is CaFeMgSrZn. The SMILES string of the molecule is [Ca].[Fe].[Mg].[Sr].[Zn]. The van der Waals surface area contributed by atoms with Crippen LogP contribution >= 0.6 is 0 Å². The van der Waals surface area contributed by atoms with Gasteiger partial charge in [0, 0.05) is 143 Å². The van der Waals surface area contributed by atoms with E-state index in [2.05, 4.69) is 0 Å².